The molecule has 0 aromatic heterocycles. The number of rotatable bonds is 8. The third-order valence-corrected chi connectivity index (χ3v) is 11.3. The number of para-hydroxylation sites is 1. The Morgan fingerprint density at radius 3 is 2.21 bits per heavy atom. The predicted octanol–water partition coefficient (Wildman–Crippen LogP) is 4.50. The normalized spacial score (nSPS) is 20.5. The zero-order valence-corrected chi connectivity index (χ0v) is 30.4. The van der Waals surface area contributed by atoms with Crippen LogP contribution in [0.1, 0.15) is 36.8 Å². The van der Waals surface area contributed by atoms with Crippen molar-refractivity contribution in [2.24, 2.45) is 0 Å². The first kappa shape index (κ1) is 37.9. The van der Waals surface area contributed by atoms with Gasteiger partial charge in [0.2, 0.25) is 5.78 Å². The van der Waals surface area contributed by atoms with Gasteiger partial charge in [-0.25, -0.2) is 9.59 Å². The van der Waals surface area contributed by atoms with Crippen molar-refractivity contribution in [1.29, 1.82) is 0 Å². The number of likely N-dealkylation sites (tertiary alicyclic amines) is 2. The number of ether oxygens (including phenoxy) is 1. The Labute approximate surface area is 308 Å². The van der Waals surface area contributed by atoms with Crippen LogP contribution in [0.2, 0.25) is 0 Å². The molecule has 0 unspecified atom stereocenters. The predicted molar refractivity (Wildman–Crippen MR) is 189 cm³/mol. The minimum Gasteiger partial charge on any atom is -0.507 e. The Morgan fingerprint density at radius 2 is 1.54 bits per heavy atom. The van der Waals surface area contributed by atoms with E-state index in [0.717, 1.165) is 17.7 Å². The number of hydrogen-bond donors (Lipinski definition) is 2. The number of benzene rings is 2. The number of Topliss-reactive ketones (excluding diaryl/α,β-unsaturated/α-hetero) is 1. The van der Waals surface area contributed by atoms with Gasteiger partial charge in [-0.05, 0) is 77.4 Å². The van der Waals surface area contributed by atoms with Crippen LogP contribution in [0.15, 0.2) is 46.9 Å². The minimum absolute atomic E-state index is 0.0446. The summed E-state index contributed by atoms with van der Waals surface area (Å²) in [7, 11) is 0. The van der Waals surface area contributed by atoms with Crippen molar-refractivity contribution in [3.63, 3.8) is 0 Å². The van der Waals surface area contributed by atoms with E-state index in [-0.39, 0.29) is 36.2 Å². The van der Waals surface area contributed by atoms with E-state index in [4.69, 9.17) is 4.74 Å². The van der Waals surface area contributed by atoms with E-state index in [1.54, 1.807) is 21.9 Å². The molecular weight excluding hydrogens is 749 g/mol. The van der Waals surface area contributed by atoms with Gasteiger partial charge < -0.3 is 29.9 Å². The molecule has 52 heavy (non-hydrogen) atoms. The number of aromatic hydroxyl groups is 1. The van der Waals surface area contributed by atoms with E-state index < -0.39 is 30.7 Å². The number of phenols is 1. The molecule has 4 aliphatic rings. The van der Waals surface area contributed by atoms with Gasteiger partial charge in [0.25, 0.3) is 5.91 Å². The number of halogens is 4. The third-order valence-electron chi connectivity index (χ3n) is 10.6. The molecule has 3 fully saturated rings. The molecule has 12 nitrogen and oxygen atoms in total. The maximum atomic E-state index is 14.0. The van der Waals surface area contributed by atoms with E-state index in [2.05, 4.69) is 26.1 Å². The number of fused-ring (bicyclic) bond motifs is 1. The van der Waals surface area contributed by atoms with Crippen molar-refractivity contribution in [1.82, 2.24) is 24.5 Å². The topological polar surface area (TPSA) is 126 Å². The summed E-state index contributed by atoms with van der Waals surface area (Å²) in [6, 6.07) is 12.6. The van der Waals surface area contributed by atoms with Crippen molar-refractivity contribution in [2.75, 3.05) is 70.8 Å². The number of piperazine rings is 1. The fourth-order valence-corrected chi connectivity index (χ4v) is 8.03. The number of alkyl halides is 3. The number of ketones is 1. The highest BCUT2D eigenvalue weighted by atomic mass is 79.9. The molecule has 3 saturated heterocycles. The summed E-state index contributed by atoms with van der Waals surface area (Å²) >= 11 is 3.32. The highest BCUT2D eigenvalue weighted by Crippen LogP contribution is 2.28. The van der Waals surface area contributed by atoms with Crippen LogP contribution >= 0.6 is 15.9 Å². The smallest absolute Gasteiger partial charge is 0.451 e. The Balaban J connectivity index is 1.03. The summed E-state index contributed by atoms with van der Waals surface area (Å²) in [6.45, 7) is 3.32. The van der Waals surface area contributed by atoms with Gasteiger partial charge in [0.05, 0.1) is 11.0 Å². The number of anilines is 1. The van der Waals surface area contributed by atoms with Gasteiger partial charge in [0.1, 0.15) is 5.75 Å². The van der Waals surface area contributed by atoms with Gasteiger partial charge in [-0.1, -0.05) is 24.3 Å². The molecule has 16 heteroatoms. The van der Waals surface area contributed by atoms with Gasteiger partial charge in [-0.2, -0.15) is 13.2 Å². The van der Waals surface area contributed by atoms with Gasteiger partial charge in [0, 0.05) is 83.1 Å². The number of nitrogens with one attached hydrogen (secondary N) is 1. The maximum absolute atomic E-state index is 14.0. The largest absolute Gasteiger partial charge is 0.507 e. The first-order valence-corrected chi connectivity index (χ1v) is 18.6. The Kier molecular flexibility index (Phi) is 12.0. The second kappa shape index (κ2) is 16.4. The zero-order valence-electron chi connectivity index (χ0n) is 28.8. The van der Waals surface area contributed by atoms with Gasteiger partial charge in [0.15, 0.2) is 6.10 Å². The van der Waals surface area contributed by atoms with Crippen LogP contribution < -0.4 is 5.32 Å². The number of hydrogen-bond acceptors (Lipinski definition) is 8. The Hall–Kier alpha value is -3.89. The lowest BCUT2D eigenvalue weighted by Gasteiger charge is -2.43. The molecule has 0 aliphatic carbocycles. The number of phenolic OH excluding ortho intramolecular Hbond substituents is 1. The van der Waals surface area contributed by atoms with Crippen molar-refractivity contribution >= 4 is 45.4 Å². The van der Waals surface area contributed by atoms with E-state index in [1.807, 2.05) is 29.2 Å². The van der Waals surface area contributed by atoms with Crippen LogP contribution in [0.3, 0.4) is 0 Å². The van der Waals surface area contributed by atoms with Gasteiger partial charge in [-0.15, -0.1) is 0 Å². The first-order valence-electron chi connectivity index (χ1n) is 17.8. The maximum Gasteiger partial charge on any atom is 0.451 e. The molecule has 0 saturated carbocycles. The molecule has 0 radical (unpaired) electrons. The second-order valence-electron chi connectivity index (χ2n) is 13.9. The summed E-state index contributed by atoms with van der Waals surface area (Å²) in [4.78, 5) is 60.9. The summed E-state index contributed by atoms with van der Waals surface area (Å²) in [5.41, 5.74) is 2.59. The molecule has 1 atom stereocenters. The standard InChI is InChI=1S/C36H44BrF3N6O6/c37-28-21-24(5-6-30(28)47)22-31(33(49)44-12-8-26(9-13-44)43-19-17-42(18-20-43)23-32(48)36(38,39)40)52-35(51)45-14-10-27(11-15-45)46-16-7-25-3-1-2-4-29(25)41-34(46)50/h1-6,21,26-27,31,47H,7-20,22-23H2,(H,41,50)/t31-/m1/s1. The van der Waals surface area contributed by atoms with Crippen LogP contribution in [-0.2, 0) is 27.2 Å². The zero-order chi connectivity index (χ0) is 37.0. The fourth-order valence-electron chi connectivity index (χ4n) is 7.60. The monoisotopic (exact) mass is 792 g/mol. The summed E-state index contributed by atoms with van der Waals surface area (Å²) < 4.78 is 44.5. The number of carbonyl (C=O) groups excluding carboxylic acids is 4. The lowest BCUT2D eigenvalue weighted by atomic mass is 10.0. The molecular formula is C36H44BrF3N6O6. The highest BCUT2D eigenvalue weighted by Gasteiger charge is 2.40. The van der Waals surface area contributed by atoms with E-state index in [9.17, 15) is 37.5 Å². The Bertz CT molecular complexity index is 1620. The first-order chi connectivity index (χ1) is 24.9. The molecule has 2 aromatic carbocycles. The molecule has 4 heterocycles. The average Bonchev–Trinajstić information content (AvgIpc) is 3.30. The fraction of sp³-hybridized carbons (Fsp3) is 0.556. The molecule has 6 rings (SSSR count). The molecule has 2 aromatic rings. The Morgan fingerprint density at radius 1 is 0.885 bits per heavy atom. The van der Waals surface area contributed by atoms with Crippen LogP contribution in [0.4, 0.5) is 28.4 Å². The van der Waals surface area contributed by atoms with Crippen molar-refractivity contribution in [2.45, 2.75) is 62.9 Å². The number of nitrogens with zero attached hydrogens (tertiary/aromatic N) is 5. The van der Waals surface area contributed by atoms with E-state index in [0.29, 0.717) is 94.6 Å². The lowest BCUT2D eigenvalue weighted by molar-refractivity contribution is -0.172. The molecule has 282 valence electrons. The van der Waals surface area contributed by atoms with E-state index in [1.165, 1.54) is 11.0 Å². The van der Waals surface area contributed by atoms with Crippen molar-refractivity contribution in [3.05, 3.63) is 58.1 Å². The molecule has 4 aliphatic heterocycles. The molecule has 2 N–H and O–H groups in total. The summed E-state index contributed by atoms with van der Waals surface area (Å²) in [6.07, 6.45) is -3.25. The highest BCUT2D eigenvalue weighted by molar-refractivity contribution is 9.10. The minimum atomic E-state index is -4.83. The van der Waals surface area contributed by atoms with Crippen molar-refractivity contribution in [3.8, 4) is 5.75 Å². The van der Waals surface area contributed by atoms with Gasteiger partial charge >= 0.3 is 18.3 Å². The molecule has 0 bridgehead atoms. The number of carbonyl (C=O) groups is 4. The van der Waals surface area contributed by atoms with Crippen LogP contribution in [0.5, 0.6) is 5.75 Å². The van der Waals surface area contributed by atoms with Crippen LogP contribution in [-0.4, -0.2) is 143 Å². The SMILES string of the molecule is O=C(O[C@H](Cc1ccc(O)c(Br)c1)C(=O)N1CCC(N2CCN(CC(=O)C(F)(F)F)CC2)CC1)N1CCC(N2CCc3ccccc3NC2=O)CC1. The third kappa shape index (κ3) is 9.18. The quantitative estimate of drug-likeness (QED) is 0.401. The second-order valence-corrected chi connectivity index (χ2v) is 14.8. The lowest BCUT2D eigenvalue weighted by Crippen LogP contribution is -2.56. The summed E-state index contributed by atoms with van der Waals surface area (Å²) in [5.74, 6) is -2.01. The van der Waals surface area contributed by atoms with E-state index >= 15 is 0 Å². The van der Waals surface area contributed by atoms with Crippen molar-refractivity contribution < 1.29 is 42.2 Å². The average molecular weight is 794 g/mol. The van der Waals surface area contributed by atoms with Gasteiger partial charge in [-0.3, -0.25) is 19.4 Å². The molecule has 4 amide bonds. The summed E-state index contributed by atoms with van der Waals surface area (Å²) in [5, 5.41) is 13.0. The van der Waals surface area contributed by atoms with Crippen LogP contribution in [0, 0.1) is 0 Å². The molecule has 0 spiro atoms. The number of urea groups is 1. The number of amides is 4. The van der Waals surface area contributed by atoms with Crippen LogP contribution in [0.25, 0.3) is 0 Å². The number of piperidine rings is 2.